The number of carbonyl (C=O) groups is 2. The second-order valence-electron chi connectivity index (χ2n) is 5.30. The van der Waals surface area contributed by atoms with Gasteiger partial charge in [0.25, 0.3) is 0 Å². The van der Waals surface area contributed by atoms with Crippen LogP contribution in [0.3, 0.4) is 0 Å². The third-order valence-electron chi connectivity index (χ3n) is 2.72. The number of esters is 2. The summed E-state index contributed by atoms with van der Waals surface area (Å²) >= 11 is 0. The van der Waals surface area contributed by atoms with Gasteiger partial charge in [0.15, 0.2) is 5.60 Å². The third-order valence-corrected chi connectivity index (χ3v) is 2.72. The van der Waals surface area contributed by atoms with Crippen molar-refractivity contribution >= 4 is 11.9 Å². The Balaban J connectivity index is 3.11. The summed E-state index contributed by atoms with van der Waals surface area (Å²) in [7, 11) is 0. The minimum absolute atomic E-state index is 0.0104. The van der Waals surface area contributed by atoms with E-state index >= 15 is 0 Å². The number of carbonyl (C=O) groups excluding carboxylic acids is 2. The molecule has 1 saturated heterocycles. The van der Waals surface area contributed by atoms with Crippen molar-refractivity contribution in [2.75, 3.05) is 0 Å². The molecule has 1 aliphatic heterocycles. The lowest BCUT2D eigenvalue weighted by Crippen LogP contribution is -2.63. The Morgan fingerprint density at radius 2 is 1.89 bits per heavy atom. The molecule has 0 N–H and O–H groups in total. The molecule has 1 fully saturated rings. The molecule has 0 amide bonds. The van der Waals surface area contributed by atoms with E-state index in [2.05, 4.69) is 11.3 Å². The van der Waals surface area contributed by atoms with Gasteiger partial charge in [-0.3, -0.25) is 0 Å². The molecule has 1 aliphatic rings. The molecular weight excluding hydrogens is 246 g/mol. The molecule has 0 aliphatic carbocycles. The van der Waals surface area contributed by atoms with Crippen molar-refractivity contribution in [1.82, 2.24) is 0 Å². The van der Waals surface area contributed by atoms with Gasteiger partial charge in [-0.05, 0) is 27.7 Å². The van der Waals surface area contributed by atoms with E-state index in [1.54, 1.807) is 0 Å². The Bertz CT molecular complexity index is 414. The first kappa shape index (κ1) is 14.6. The van der Waals surface area contributed by atoms with E-state index in [0.29, 0.717) is 0 Å². The molecule has 1 unspecified atom stereocenters. The summed E-state index contributed by atoms with van der Waals surface area (Å²) < 4.78 is 37.1. The maximum atomic E-state index is 13.8. The first-order chi connectivity index (χ1) is 7.91. The first-order valence-corrected chi connectivity index (χ1v) is 5.41. The molecule has 18 heavy (non-hydrogen) atoms. The van der Waals surface area contributed by atoms with Gasteiger partial charge in [-0.15, -0.1) is 0 Å². The minimum Gasteiger partial charge on any atom is -0.455 e. The Labute approximate surface area is 104 Å². The van der Waals surface area contributed by atoms with Crippen LogP contribution in [0.2, 0.25) is 0 Å². The second kappa shape index (κ2) is 4.03. The van der Waals surface area contributed by atoms with Gasteiger partial charge >= 0.3 is 17.9 Å². The maximum Gasteiger partial charge on any atom is 0.381 e. The van der Waals surface area contributed by atoms with Crippen LogP contribution in [0.25, 0.3) is 0 Å². The highest BCUT2D eigenvalue weighted by atomic mass is 19.3. The molecule has 0 spiro atoms. The van der Waals surface area contributed by atoms with Crippen LogP contribution in [0.5, 0.6) is 0 Å². The lowest BCUT2D eigenvalue weighted by Gasteiger charge is -2.45. The van der Waals surface area contributed by atoms with Crippen molar-refractivity contribution < 1.29 is 27.8 Å². The largest absolute Gasteiger partial charge is 0.455 e. The second-order valence-corrected chi connectivity index (χ2v) is 5.30. The summed E-state index contributed by atoms with van der Waals surface area (Å²) in [6, 6.07) is 0. The van der Waals surface area contributed by atoms with Crippen LogP contribution >= 0.6 is 0 Å². The summed E-state index contributed by atoms with van der Waals surface area (Å²) in [5, 5.41) is 0. The molecule has 102 valence electrons. The standard InChI is InChI=1S/C12H16F2O4/c1-7(2)8(15)17-11(5)6-10(3,4)18-9(16)12(11,13)14/h1,6H2,2-5H3. The van der Waals surface area contributed by atoms with E-state index < -0.39 is 29.1 Å². The molecular formula is C12H16F2O4. The summed E-state index contributed by atoms with van der Waals surface area (Å²) in [4.78, 5) is 22.7. The molecule has 0 saturated carbocycles. The van der Waals surface area contributed by atoms with Crippen LogP contribution in [0.15, 0.2) is 12.2 Å². The van der Waals surface area contributed by atoms with Crippen LogP contribution in [-0.4, -0.2) is 29.1 Å². The highest BCUT2D eigenvalue weighted by molar-refractivity contribution is 5.88. The molecule has 1 atom stereocenters. The molecule has 1 heterocycles. The van der Waals surface area contributed by atoms with E-state index in [1.807, 2.05) is 0 Å². The topological polar surface area (TPSA) is 52.6 Å². The molecule has 0 aromatic rings. The van der Waals surface area contributed by atoms with Gasteiger partial charge in [0, 0.05) is 12.0 Å². The van der Waals surface area contributed by atoms with E-state index in [0.717, 1.165) is 6.92 Å². The van der Waals surface area contributed by atoms with Crippen LogP contribution in [0.4, 0.5) is 8.78 Å². The molecule has 1 rings (SSSR count). The molecule has 0 bridgehead atoms. The number of halogens is 2. The first-order valence-electron chi connectivity index (χ1n) is 5.41. The monoisotopic (exact) mass is 262 g/mol. The smallest absolute Gasteiger partial charge is 0.381 e. The number of hydrogen-bond donors (Lipinski definition) is 0. The normalized spacial score (nSPS) is 29.3. The number of rotatable bonds is 2. The third kappa shape index (κ3) is 2.37. The number of cyclic esters (lactones) is 1. The van der Waals surface area contributed by atoms with Crippen molar-refractivity contribution in [3.63, 3.8) is 0 Å². The van der Waals surface area contributed by atoms with Crippen LogP contribution in [0.1, 0.15) is 34.1 Å². The van der Waals surface area contributed by atoms with E-state index in [4.69, 9.17) is 4.74 Å². The van der Waals surface area contributed by atoms with Crippen molar-refractivity contribution in [2.24, 2.45) is 0 Å². The molecule has 6 heteroatoms. The van der Waals surface area contributed by atoms with Crippen LogP contribution < -0.4 is 0 Å². The predicted octanol–water partition coefficient (Wildman–Crippen LogP) is 2.23. The fourth-order valence-electron chi connectivity index (χ4n) is 1.88. The predicted molar refractivity (Wildman–Crippen MR) is 59.0 cm³/mol. The number of alkyl halides is 2. The van der Waals surface area contributed by atoms with Gasteiger partial charge in [-0.25, -0.2) is 9.59 Å². The summed E-state index contributed by atoms with van der Waals surface area (Å²) in [5.41, 5.74) is -3.37. The molecule has 0 radical (unpaired) electrons. The Hall–Kier alpha value is -1.46. The zero-order chi connectivity index (χ0) is 14.4. The van der Waals surface area contributed by atoms with E-state index in [9.17, 15) is 18.4 Å². The maximum absolute atomic E-state index is 13.8. The van der Waals surface area contributed by atoms with E-state index in [-0.39, 0.29) is 12.0 Å². The Kier molecular flexibility index (Phi) is 3.27. The van der Waals surface area contributed by atoms with Crippen LogP contribution in [0, 0.1) is 0 Å². The minimum atomic E-state index is -3.88. The fraction of sp³-hybridized carbons (Fsp3) is 0.667. The number of ether oxygens (including phenoxy) is 2. The van der Waals surface area contributed by atoms with Gasteiger partial charge in [0.1, 0.15) is 5.60 Å². The van der Waals surface area contributed by atoms with Crippen LogP contribution in [-0.2, 0) is 19.1 Å². The Morgan fingerprint density at radius 1 is 1.39 bits per heavy atom. The SMILES string of the molecule is C=C(C)C(=O)OC1(C)CC(C)(C)OC(=O)C1(F)F. The number of hydrogen-bond acceptors (Lipinski definition) is 4. The van der Waals surface area contributed by atoms with Crippen molar-refractivity contribution in [3.8, 4) is 0 Å². The van der Waals surface area contributed by atoms with Crippen molar-refractivity contribution in [2.45, 2.75) is 51.2 Å². The zero-order valence-electron chi connectivity index (χ0n) is 10.8. The average molecular weight is 262 g/mol. The highest BCUT2D eigenvalue weighted by Crippen LogP contribution is 2.45. The zero-order valence-corrected chi connectivity index (χ0v) is 10.8. The molecule has 0 aromatic heterocycles. The summed E-state index contributed by atoms with van der Waals surface area (Å²) in [6.07, 6.45) is -0.294. The quantitative estimate of drug-likeness (QED) is 0.565. The fourth-order valence-corrected chi connectivity index (χ4v) is 1.88. The lowest BCUT2D eigenvalue weighted by molar-refractivity contribution is -0.260. The summed E-state index contributed by atoms with van der Waals surface area (Å²) in [5.74, 6) is -6.52. The summed E-state index contributed by atoms with van der Waals surface area (Å²) in [6.45, 7) is 8.64. The lowest BCUT2D eigenvalue weighted by atomic mass is 9.82. The van der Waals surface area contributed by atoms with Gasteiger partial charge < -0.3 is 9.47 Å². The van der Waals surface area contributed by atoms with Gasteiger partial charge in [0.2, 0.25) is 0 Å². The Morgan fingerprint density at radius 3 is 2.33 bits per heavy atom. The molecule has 4 nitrogen and oxygen atoms in total. The van der Waals surface area contributed by atoms with Crippen molar-refractivity contribution in [1.29, 1.82) is 0 Å². The van der Waals surface area contributed by atoms with Crippen molar-refractivity contribution in [3.05, 3.63) is 12.2 Å². The van der Waals surface area contributed by atoms with Gasteiger partial charge in [-0.1, -0.05) is 6.58 Å². The highest BCUT2D eigenvalue weighted by Gasteiger charge is 2.66. The average Bonchev–Trinajstić information content (AvgIpc) is 2.13. The van der Waals surface area contributed by atoms with E-state index in [1.165, 1.54) is 20.8 Å². The van der Waals surface area contributed by atoms with Gasteiger partial charge in [0.05, 0.1) is 0 Å². The van der Waals surface area contributed by atoms with Gasteiger partial charge in [-0.2, -0.15) is 8.78 Å². The molecule has 0 aromatic carbocycles.